The summed E-state index contributed by atoms with van der Waals surface area (Å²) in [7, 11) is 0. The van der Waals surface area contributed by atoms with Crippen molar-refractivity contribution >= 4 is 11.8 Å². The van der Waals surface area contributed by atoms with Gasteiger partial charge in [0.05, 0.1) is 12.2 Å². The maximum Gasteiger partial charge on any atom is 0.0582 e. The number of ether oxygens (including phenoxy) is 1. The maximum absolute atomic E-state index is 6.19. The summed E-state index contributed by atoms with van der Waals surface area (Å²) in [6, 6.07) is 0.387. The maximum atomic E-state index is 6.19. The zero-order chi connectivity index (χ0) is 12.1. The van der Waals surface area contributed by atoms with Gasteiger partial charge >= 0.3 is 0 Å². The van der Waals surface area contributed by atoms with Crippen LogP contribution in [-0.2, 0) is 4.74 Å². The van der Waals surface area contributed by atoms with Crippen molar-refractivity contribution in [1.29, 1.82) is 0 Å². The topological polar surface area (TPSA) is 35.2 Å². The number of thioether (sulfide) groups is 1. The summed E-state index contributed by atoms with van der Waals surface area (Å²) in [6.07, 6.45) is 4.21. The van der Waals surface area contributed by atoms with Crippen molar-refractivity contribution in [1.82, 2.24) is 0 Å². The molecule has 16 heavy (non-hydrogen) atoms. The lowest BCUT2D eigenvalue weighted by Crippen LogP contribution is -2.40. The van der Waals surface area contributed by atoms with Gasteiger partial charge in [-0.3, -0.25) is 0 Å². The first-order chi connectivity index (χ1) is 7.49. The van der Waals surface area contributed by atoms with E-state index >= 15 is 0 Å². The van der Waals surface area contributed by atoms with Crippen LogP contribution in [0, 0.1) is 5.92 Å². The fourth-order valence-corrected chi connectivity index (χ4v) is 3.28. The molecule has 3 heteroatoms. The Morgan fingerprint density at radius 3 is 2.50 bits per heavy atom. The summed E-state index contributed by atoms with van der Waals surface area (Å²) >= 11 is 2.03. The molecule has 1 unspecified atom stereocenters. The zero-order valence-corrected chi connectivity index (χ0v) is 11.9. The molecule has 1 saturated carbocycles. The minimum Gasteiger partial charge on any atom is -0.376 e. The van der Waals surface area contributed by atoms with E-state index in [1.165, 1.54) is 5.75 Å². The Morgan fingerprint density at radius 2 is 1.94 bits per heavy atom. The van der Waals surface area contributed by atoms with Crippen molar-refractivity contribution in [2.24, 2.45) is 11.7 Å². The van der Waals surface area contributed by atoms with Crippen molar-refractivity contribution in [3.05, 3.63) is 0 Å². The Labute approximate surface area is 105 Å². The Hall–Kier alpha value is 0.270. The largest absolute Gasteiger partial charge is 0.376 e. The fourth-order valence-electron chi connectivity index (χ4n) is 2.26. The van der Waals surface area contributed by atoms with Crippen molar-refractivity contribution < 1.29 is 4.74 Å². The van der Waals surface area contributed by atoms with E-state index in [1.807, 2.05) is 11.8 Å². The molecular formula is C13H27NOS. The minimum absolute atomic E-state index is 0.345. The van der Waals surface area contributed by atoms with Crippen LogP contribution in [0.4, 0.5) is 0 Å². The summed E-state index contributed by atoms with van der Waals surface area (Å²) in [6.45, 7) is 8.74. The van der Waals surface area contributed by atoms with Crippen LogP contribution in [0.1, 0.15) is 47.0 Å². The summed E-state index contributed by atoms with van der Waals surface area (Å²) in [4.78, 5) is 0. The van der Waals surface area contributed by atoms with Crippen molar-refractivity contribution in [2.75, 3.05) is 5.75 Å². The summed E-state index contributed by atoms with van der Waals surface area (Å²) in [5.74, 6) is 1.83. The van der Waals surface area contributed by atoms with Gasteiger partial charge in [0, 0.05) is 6.04 Å². The number of hydrogen-bond donors (Lipinski definition) is 1. The first kappa shape index (κ1) is 14.3. The highest BCUT2D eigenvalue weighted by Crippen LogP contribution is 2.30. The smallest absolute Gasteiger partial charge is 0.0582 e. The molecule has 0 aromatic heterocycles. The van der Waals surface area contributed by atoms with Gasteiger partial charge in [-0.2, -0.15) is 11.8 Å². The molecule has 1 aliphatic rings. The van der Waals surface area contributed by atoms with E-state index in [9.17, 15) is 0 Å². The van der Waals surface area contributed by atoms with Gasteiger partial charge in [-0.25, -0.2) is 0 Å². The molecule has 0 aliphatic heterocycles. The fraction of sp³-hybridized carbons (Fsp3) is 1.00. The molecule has 0 aromatic rings. The van der Waals surface area contributed by atoms with E-state index in [1.54, 1.807) is 0 Å². The Morgan fingerprint density at radius 1 is 1.25 bits per heavy atom. The highest BCUT2D eigenvalue weighted by Gasteiger charge is 2.29. The lowest BCUT2D eigenvalue weighted by molar-refractivity contribution is -0.0249. The predicted molar refractivity (Wildman–Crippen MR) is 72.9 cm³/mol. The first-order valence-corrected chi connectivity index (χ1v) is 7.56. The Balaban J connectivity index is 2.36. The van der Waals surface area contributed by atoms with Crippen LogP contribution in [0.5, 0.6) is 0 Å². The second-order valence-corrected chi connectivity index (χ2v) is 7.04. The van der Waals surface area contributed by atoms with Gasteiger partial charge in [0.2, 0.25) is 0 Å². The van der Waals surface area contributed by atoms with E-state index in [0.29, 0.717) is 29.4 Å². The third-order valence-electron chi connectivity index (χ3n) is 3.10. The van der Waals surface area contributed by atoms with Gasteiger partial charge in [-0.05, 0) is 50.0 Å². The molecule has 0 amide bonds. The van der Waals surface area contributed by atoms with Gasteiger partial charge in [0.15, 0.2) is 0 Å². The van der Waals surface area contributed by atoms with Gasteiger partial charge in [-0.15, -0.1) is 0 Å². The molecule has 2 nitrogen and oxygen atoms in total. The van der Waals surface area contributed by atoms with Crippen molar-refractivity contribution in [3.8, 4) is 0 Å². The van der Waals surface area contributed by atoms with Gasteiger partial charge in [-0.1, -0.05) is 13.8 Å². The predicted octanol–water partition coefficient (Wildman–Crippen LogP) is 3.05. The first-order valence-electron chi connectivity index (χ1n) is 6.51. The average Bonchev–Trinajstić information content (AvgIpc) is 2.18. The van der Waals surface area contributed by atoms with Crippen LogP contribution >= 0.6 is 11.8 Å². The van der Waals surface area contributed by atoms with Crippen LogP contribution in [0.3, 0.4) is 0 Å². The van der Waals surface area contributed by atoms with Crippen LogP contribution < -0.4 is 5.73 Å². The summed E-state index contributed by atoms with van der Waals surface area (Å²) in [5, 5.41) is 0.707. The van der Waals surface area contributed by atoms with E-state index in [2.05, 4.69) is 27.7 Å². The molecule has 0 bridgehead atoms. The Kier molecular flexibility index (Phi) is 6.16. The molecule has 3 atom stereocenters. The number of nitrogens with two attached hydrogens (primary N) is 1. The van der Waals surface area contributed by atoms with E-state index in [-0.39, 0.29) is 0 Å². The van der Waals surface area contributed by atoms with Crippen LogP contribution in [0.15, 0.2) is 0 Å². The van der Waals surface area contributed by atoms with Gasteiger partial charge < -0.3 is 10.5 Å². The molecule has 0 saturated heterocycles. The van der Waals surface area contributed by atoms with E-state index < -0.39 is 0 Å². The summed E-state index contributed by atoms with van der Waals surface area (Å²) < 4.78 is 5.91. The molecule has 0 aromatic carbocycles. The number of hydrogen-bond acceptors (Lipinski definition) is 3. The number of rotatable bonds is 5. The molecule has 0 radical (unpaired) electrons. The van der Waals surface area contributed by atoms with Crippen LogP contribution in [-0.4, -0.2) is 29.3 Å². The second-order valence-electron chi connectivity index (χ2n) is 5.43. The third-order valence-corrected chi connectivity index (χ3v) is 4.39. The zero-order valence-electron chi connectivity index (χ0n) is 11.1. The molecule has 1 aliphatic carbocycles. The molecule has 1 rings (SSSR count). The summed E-state index contributed by atoms with van der Waals surface area (Å²) in [5.41, 5.74) is 6.19. The minimum atomic E-state index is 0.345. The lowest BCUT2D eigenvalue weighted by atomic mass is 9.84. The second kappa shape index (κ2) is 6.87. The lowest BCUT2D eigenvalue weighted by Gasteiger charge is -2.35. The standard InChI is InChI=1S/C13H27NOS/c1-9(2)15-12-5-6-13(14)11(7-12)8-16-10(3)4/h9-13H,5-8,14H2,1-4H3/t11-,12?,13-/m0/s1. The molecule has 96 valence electrons. The quantitative estimate of drug-likeness (QED) is 0.808. The van der Waals surface area contributed by atoms with Gasteiger partial charge in [0.25, 0.3) is 0 Å². The van der Waals surface area contributed by atoms with E-state index in [0.717, 1.165) is 19.3 Å². The van der Waals surface area contributed by atoms with Crippen molar-refractivity contribution in [3.63, 3.8) is 0 Å². The van der Waals surface area contributed by atoms with E-state index in [4.69, 9.17) is 10.5 Å². The molecule has 2 N–H and O–H groups in total. The normalized spacial score (nSPS) is 31.3. The molecule has 1 fully saturated rings. The average molecular weight is 245 g/mol. The highest BCUT2D eigenvalue weighted by molar-refractivity contribution is 7.99. The molecule has 0 spiro atoms. The van der Waals surface area contributed by atoms with Crippen molar-refractivity contribution in [2.45, 2.75) is 70.5 Å². The third kappa shape index (κ3) is 5.07. The van der Waals surface area contributed by atoms with Crippen LogP contribution in [0.25, 0.3) is 0 Å². The monoisotopic (exact) mass is 245 g/mol. The molecule has 0 heterocycles. The highest BCUT2D eigenvalue weighted by atomic mass is 32.2. The van der Waals surface area contributed by atoms with Gasteiger partial charge in [0.1, 0.15) is 0 Å². The SMILES string of the molecule is CC(C)OC1CC[C@H](N)[C@H](CSC(C)C)C1. The molecular weight excluding hydrogens is 218 g/mol. The van der Waals surface area contributed by atoms with Crippen LogP contribution in [0.2, 0.25) is 0 Å². The Bertz CT molecular complexity index is 196.